The van der Waals surface area contributed by atoms with Gasteiger partial charge in [-0.2, -0.15) is 5.10 Å². The molecular formula is C36H39N7O3. The van der Waals surface area contributed by atoms with Crippen LogP contribution in [-0.2, 0) is 29.7 Å². The first-order valence-corrected chi connectivity index (χ1v) is 16.4. The van der Waals surface area contributed by atoms with Crippen molar-refractivity contribution in [3.63, 3.8) is 0 Å². The van der Waals surface area contributed by atoms with Crippen LogP contribution in [0.4, 0.5) is 11.4 Å². The molecule has 0 spiro atoms. The molecule has 0 aliphatic carbocycles. The van der Waals surface area contributed by atoms with Crippen molar-refractivity contribution in [3.05, 3.63) is 89.1 Å². The fourth-order valence-corrected chi connectivity index (χ4v) is 7.60. The van der Waals surface area contributed by atoms with Crippen LogP contribution in [0.3, 0.4) is 0 Å². The molecule has 1 unspecified atom stereocenters. The lowest BCUT2D eigenvalue weighted by Gasteiger charge is -2.40. The zero-order valence-electron chi connectivity index (χ0n) is 26.1. The summed E-state index contributed by atoms with van der Waals surface area (Å²) in [4.78, 5) is 43.5. The van der Waals surface area contributed by atoms with E-state index in [1.54, 1.807) is 4.90 Å². The van der Waals surface area contributed by atoms with Gasteiger partial charge in [0.15, 0.2) is 0 Å². The van der Waals surface area contributed by atoms with Crippen LogP contribution in [0.25, 0.3) is 10.9 Å². The second-order valence-electron chi connectivity index (χ2n) is 13.3. The van der Waals surface area contributed by atoms with E-state index in [1.807, 2.05) is 24.0 Å². The Balaban J connectivity index is 0.810. The van der Waals surface area contributed by atoms with Gasteiger partial charge in [0.1, 0.15) is 6.04 Å². The van der Waals surface area contributed by atoms with Gasteiger partial charge in [0.05, 0.1) is 11.7 Å². The molecule has 3 fully saturated rings. The summed E-state index contributed by atoms with van der Waals surface area (Å²) in [6.07, 6.45) is 4.79. The van der Waals surface area contributed by atoms with E-state index in [0.717, 1.165) is 56.6 Å². The first-order chi connectivity index (χ1) is 22.4. The Bertz CT molecular complexity index is 1820. The number of likely N-dealkylation sites (tertiary alicyclic amines) is 1. The van der Waals surface area contributed by atoms with Gasteiger partial charge in [0, 0.05) is 87.0 Å². The highest BCUT2D eigenvalue weighted by atomic mass is 16.2. The number of hydrogen-bond acceptors (Lipinski definition) is 7. The van der Waals surface area contributed by atoms with Crippen LogP contribution in [0.5, 0.6) is 0 Å². The summed E-state index contributed by atoms with van der Waals surface area (Å²) in [7, 11) is 1.97. The molecule has 3 saturated heterocycles. The van der Waals surface area contributed by atoms with Gasteiger partial charge in [-0.15, -0.1) is 0 Å². The molecule has 4 aliphatic heterocycles. The maximum Gasteiger partial charge on any atom is 0.255 e. The van der Waals surface area contributed by atoms with Gasteiger partial charge in [-0.3, -0.25) is 29.3 Å². The van der Waals surface area contributed by atoms with Crippen LogP contribution < -0.4 is 15.5 Å². The van der Waals surface area contributed by atoms with Crippen LogP contribution >= 0.6 is 0 Å². The van der Waals surface area contributed by atoms with E-state index >= 15 is 0 Å². The highest BCUT2D eigenvalue weighted by molar-refractivity contribution is 6.05. The minimum Gasteiger partial charge on any atom is -0.382 e. The van der Waals surface area contributed by atoms with Crippen molar-refractivity contribution in [2.45, 2.75) is 56.8 Å². The number of nitrogens with zero attached hydrogens (tertiary/aromatic N) is 5. The number of piperidine rings is 2. The summed E-state index contributed by atoms with van der Waals surface area (Å²) < 4.78 is 1.91. The van der Waals surface area contributed by atoms with Crippen molar-refractivity contribution in [2.24, 2.45) is 7.05 Å². The number of hydrogen-bond donors (Lipinski definition) is 2. The van der Waals surface area contributed by atoms with Crippen LogP contribution in [0.1, 0.15) is 58.6 Å². The SMILES string of the molecule is Cn1ncc2cc(NC3CCN(c4ccc(CN5CC(c6ccc7c(c6)CN(C6CCC(=O)NC6=O)C7=O)C5)cc4)CC3)ccc21. The van der Waals surface area contributed by atoms with Gasteiger partial charge >= 0.3 is 0 Å². The lowest BCUT2D eigenvalue weighted by atomic mass is 9.89. The predicted octanol–water partition coefficient (Wildman–Crippen LogP) is 4.01. The third-order valence-electron chi connectivity index (χ3n) is 10.3. The lowest BCUT2D eigenvalue weighted by Crippen LogP contribution is -2.52. The van der Waals surface area contributed by atoms with Crippen molar-refractivity contribution < 1.29 is 14.4 Å². The van der Waals surface area contributed by atoms with Crippen LogP contribution in [0, 0.1) is 0 Å². The van der Waals surface area contributed by atoms with Crippen molar-refractivity contribution in [3.8, 4) is 0 Å². The average Bonchev–Trinajstić information content (AvgIpc) is 3.57. The predicted molar refractivity (Wildman–Crippen MR) is 177 cm³/mol. The number of rotatable bonds is 7. The van der Waals surface area contributed by atoms with E-state index in [0.29, 0.717) is 30.5 Å². The third-order valence-corrected chi connectivity index (χ3v) is 10.3. The summed E-state index contributed by atoms with van der Waals surface area (Å²) >= 11 is 0. The van der Waals surface area contributed by atoms with Crippen LogP contribution in [0.2, 0.25) is 0 Å². The van der Waals surface area contributed by atoms with E-state index in [-0.39, 0.29) is 24.1 Å². The van der Waals surface area contributed by atoms with Crippen molar-refractivity contribution in [2.75, 3.05) is 36.4 Å². The first kappa shape index (κ1) is 28.8. The van der Waals surface area contributed by atoms with E-state index in [2.05, 4.69) is 80.1 Å². The third kappa shape index (κ3) is 5.40. The molecule has 5 heterocycles. The standard InChI is InChI=1S/C36H39N7O3/c1-40-32-9-5-29(17-25(32)18-37-40)38-28-12-14-42(15-13-28)30-6-2-23(3-7-30)19-41-20-27(21-41)24-4-8-31-26(16-24)22-43(36(31)46)33-10-11-34(44)39-35(33)45/h2-9,16-18,27-28,33,38H,10-15,19-22H2,1H3,(H,39,44,45). The number of anilines is 2. The van der Waals surface area contributed by atoms with E-state index in [4.69, 9.17) is 0 Å². The molecule has 0 saturated carbocycles. The number of benzene rings is 3. The maximum atomic E-state index is 13.0. The molecule has 0 bridgehead atoms. The number of carbonyl (C=O) groups excluding carboxylic acids is 3. The Kier molecular flexibility index (Phi) is 7.24. The molecule has 3 amide bonds. The fraction of sp³-hybridized carbons (Fsp3) is 0.389. The number of imide groups is 1. The van der Waals surface area contributed by atoms with Gasteiger partial charge in [0.25, 0.3) is 5.91 Å². The van der Waals surface area contributed by atoms with Gasteiger partial charge in [-0.05, 0) is 72.4 Å². The molecule has 8 rings (SSSR count). The topological polar surface area (TPSA) is 103 Å². The zero-order chi connectivity index (χ0) is 31.4. The maximum absolute atomic E-state index is 13.0. The van der Waals surface area contributed by atoms with Crippen LogP contribution in [-0.4, -0.2) is 75.6 Å². The highest BCUT2D eigenvalue weighted by Crippen LogP contribution is 2.34. The number of fused-ring (bicyclic) bond motifs is 2. The molecule has 4 aliphatic rings. The second kappa shape index (κ2) is 11.6. The molecule has 4 aromatic rings. The Morgan fingerprint density at radius 3 is 2.52 bits per heavy atom. The average molecular weight is 618 g/mol. The summed E-state index contributed by atoms with van der Waals surface area (Å²) in [6.45, 7) is 5.40. The Labute approximate surface area is 268 Å². The molecule has 10 heteroatoms. The second-order valence-corrected chi connectivity index (χ2v) is 13.3. The number of aryl methyl sites for hydroxylation is 1. The highest BCUT2D eigenvalue weighted by Gasteiger charge is 2.39. The fourth-order valence-electron chi connectivity index (χ4n) is 7.60. The van der Waals surface area contributed by atoms with Crippen LogP contribution in [0.15, 0.2) is 66.9 Å². The molecule has 1 atom stereocenters. The monoisotopic (exact) mass is 617 g/mol. The molecule has 236 valence electrons. The minimum absolute atomic E-state index is 0.116. The Hall–Kier alpha value is -4.70. The Morgan fingerprint density at radius 2 is 1.74 bits per heavy atom. The molecule has 0 radical (unpaired) electrons. The van der Waals surface area contributed by atoms with Gasteiger partial charge in [-0.25, -0.2) is 0 Å². The minimum atomic E-state index is -0.574. The number of nitrogens with one attached hydrogen (secondary N) is 2. The number of aromatic nitrogens is 2. The molecule has 3 aromatic carbocycles. The first-order valence-electron chi connectivity index (χ1n) is 16.4. The summed E-state index contributed by atoms with van der Waals surface area (Å²) in [6, 6.07) is 21.6. The molecule has 46 heavy (non-hydrogen) atoms. The van der Waals surface area contributed by atoms with E-state index in [1.165, 1.54) is 27.9 Å². The van der Waals surface area contributed by atoms with Gasteiger partial charge in [0.2, 0.25) is 11.8 Å². The summed E-state index contributed by atoms with van der Waals surface area (Å²) in [5.41, 5.74) is 7.83. The molecule has 1 aromatic heterocycles. The molecular weight excluding hydrogens is 578 g/mol. The van der Waals surface area contributed by atoms with Crippen molar-refractivity contribution >= 4 is 40.0 Å². The molecule has 2 N–H and O–H groups in total. The van der Waals surface area contributed by atoms with Crippen molar-refractivity contribution in [1.82, 2.24) is 24.9 Å². The normalized spacial score (nSPS) is 21.1. The molecule has 10 nitrogen and oxygen atoms in total. The largest absolute Gasteiger partial charge is 0.382 e. The summed E-state index contributed by atoms with van der Waals surface area (Å²) in [5.74, 6) is -0.313. The van der Waals surface area contributed by atoms with Gasteiger partial charge in [-0.1, -0.05) is 24.3 Å². The smallest absolute Gasteiger partial charge is 0.255 e. The van der Waals surface area contributed by atoms with Crippen molar-refractivity contribution in [1.29, 1.82) is 0 Å². The zero-order valence-corrected chi connectivity index (χ0v) is 26.1. The number of carbonyl (C=O) groups is 3. The quantitative estimate of drug-likeness (QED) is 0.302. The number of amides is 3. The lowest BCUT2D eigenvalue weighted by molar-refractivity contribution is -0.136. The summed E-state index contributed by atoms with van der Waals surface area (Å²) in [5, 5.41) is 11.6. The van der Waals surface area contributed by atoms with E-state index < -0.39 is 6.04 Å². The van der Waals surface area contributed by atoms with Gasteiger partial charge < -0.3 is 15.1 Å². The van der Waals surface area contributed by atoms with E-state index in [9.17, 15) is 14.4 Å². The Morgan fingerprint density at radius 1 is 0.935 bits per heavy atom.